The number of nitrogens with zero attached hydrogens (tertiary/aromatic N) is 2. The highest BCUT2D eigenvalue weighted by Gasteiger charge is 2.33. The summed E-state index contributed by atoms with van der Waals surface area (Å²) < 4.78 is 0. The summed E-state index contributed by atoms with van der Waals surface area (Å²) in [6.45, 7) is 1.96. The highest BCUT2D eigenvalue weighted by atomic mass is 16.4. The van der Waals surface area contributed by atoms with Gasteiger partial charge < -0.3 is 20.2 Å². The minimum absolute atomic E-state index is 0.0727. The van der Waals surface area contributed by atoms with Crippen molar-refractivity contribution < 1.29 is 19.5 Å². The van der Waals surface area contributed by atoms with Crippen LogP contribution in [0, 0.1) is 0 Å². The standard InChI is InChI=1S/C14H25N3O4/c1-16(2)9-4-8-15-12(18)6-7-13(19)17-10-3-5-11(17)14(20)21/h11H,3-10H2,1-2H3,(H,15,18)(H,20,21). The minimum Gasteiger partial charge on any atom is -0.480 e. The highest BCUT2D eigenvalue weighted by Crippen LogP contribution is 2.18. The molecule has 7 nitrogen and oxygen atoms in total. The average Bonchev–Trinajstić information content (AvgIpc) is 2.90. The molecular formula is C14H25N3O4. The summed E-state index contributed by atoms with van der Waals surface area (Å²) in [5.74, 6) is -1.37. The Morgan fingerprint density at radius 1 is 1.29 bits per heavy atom. The number of hydrogen-bond acceptors (Lipinski definition) is 4. The molecule has 0 aliphatic carbocycles. The molecule has 0 bridgehead atoms. The van der Waals surface area contributed by atoms with Gasteiger partial charge in [0.05, 0.1) is 0 Å². The zero-order valence-corrected chi connectivity index (χ0v) is 12.8. The van der Waals surface area contributed by atoms with E-state index in [1.54, 1.807) is 0 Å². The highest BCUT2D eigenvalue weighted by molar-refractivity contribution is 5.87. The van der Waals surface area contributed by atoms with Gasteiger partial charge in [-0.3, -0.25) is 9.59 Å². The van der Waals surface area contributed by atoms with E-state index in [2.05, 4.69) is 5.32 Å². The fourth-order valence-corrected chi connectivity index (χ4v) is 2.40. The fourth-order valence-electron chi connectivity index (χ4n) is 2.40. The Morgan fingerprint density at radius 2 is 2.00 bits per heavy atom. The zero-order chi connectivity index (χ0) is 15.8. The van der Waals surface area contributed by atoms with Crippen LogP contribution in [0.4, 0.5) is 0 Å². The molecule has 1 rings (SSSR count). The summed E-state index contributed by atoms with van der Waals surface area (Å²) >= 11 is 0. The topological polar surface area (TPSA) is 90.0 Å². The Morgan fingerprint density at radius 3 is 2.62 bits per heavy atom. The SMILES string of the molecule is CN(C)CCCNC(=O)CCC(=O)N1CCCC1C(=O)O. The van der Waals surface area contributed by atoms with E-state index in [0.717, 1.165) is 13.0 Å². The van der Waals surface area contributed by atoms with Crippen molar-refractivity contribution in [2.24, 2.45) is 0 Å². The number of likely N-dealkylation sites (tertiary alicyclic amines) is 1. The summed E-state index contributed by atoms with van der Waals surface area (Å²) in [5, 5.41) is 11.8. The van der Waals surface area contributed by atoms with Crippen molar-refractivity contribution in [2.45, 2.75) is 38.1 Å². The molecule has 0 saturated carbocycles. The van der Waals surface area contributed by atoms with Gasteiger partial charge in [-0.05, 0) is 39.9 Å². The molecule has 0 aromatic heterocycles. The van der Waals surface area contributed by atoms with Crippen LogP contribution >= 0.6 is 0 Å². The minimum atomic E-state index is -0.964. The van der Waals surface area contributed by atoms with Crippen molar-refractivity contribution >= 4 is 17.8 Å². The number of carboxylic acids is 1. The molecule has 2 N–H and O–H groups in total. The molecule has 1 fully saturated rings. The second kappa shape index (κ2) is 8.61. The smallest absolute Gasteiger partial charge is 0.326 e. The maximum atomic E-state index is 12.0. The summed E-state index contributed by atoms with van der Waals surface area (Å²) in [6.07, 6.45) is 2.25. The van der Waals surface area contributed by atoms with E-state index in [9.17, 15) is 14.4 Å². The van der Waals surface area contributed by atoms with E-state index in [4.69, 9.17) is 5.11 Å². The molecule has 1 heterocycles. The lowest BCUT2D eigenvalue weighted by molar-refractivity contribution is -0.148. The van der Waals surface area contributed by atoms with Crippen LogP contribution in [0.1, 0.15) is 32.1 Å². The van der Waals surface area contributed by atoms with E-state index in [-0.39, 0.29) is 24.7 Å². The molecule has 1 aliphatic rings. The first-order chi connectivity index (χ1) is 9.91. The monoisotopic (exact) mass is 299 g/mol. The Bertz CT molecular complexity index is 384. The molecule has 1 atom stereocenters. The summed E-state index contributed by atoms with van der Waals surface area (Å²) in [6, 6.07) is -0.722. The summed E-state index contributed by atoms with van der Waals surface area (Å²) in [5.41, 5.74) is 0. The molecule has 2 amide bonds. The second-order valence-corrected chi connectivity index (χ2v) is 5.59. The van der Waals surface area contributed by atoms with Gasteiger partial charge in [0.2, 0.25) is 11.8 Å². The van der Waals surface area contributed by atoms with Crippen LogP contribution < -0.4 is 5.32 Å². The number of hydrogen-bond donors (Lipinski definition) is 2. The van der Waals surface area contributed by atoms with Crippen LogP contribution in [0.15, 0.2) is 0 Å². The van der Waals surface area contributed by atoms with Crippen LogP contribution in [0.5, 0.6) is 0 Å². The average molecular weight is 299 g/mol. The molecule has 1 saturated heterocycles. The van der Waals surface area contributed by atoms with Crippen molar-refractivity contribution in [1.82, 2.24) is 15.1 Å². The molecule has 0 aromatic rings. The predicted molar refractivity (Wildman–Crippen MR) is 77.8 cm³/mol. The van der Waals surface area contributed by atoms with E-state index >= 15 is 0 Å². The van der Waals surface area contributed by atoms with Gasteiger partial charge >= 0.3 is 5.97 Å². The first-order valence-corrected chi connectivity index (χ1v) is 7.35. The normalized spacial score (nSPS) is 18.0. The lowest BCUT2D eigenvalue weighted by Gasteiger charge is -2.21. The van der Waals surface area contributed by atoms with Gasteiger partial charge in [-0.15, -0.1) is 0 Å². The van der Waals surface area contributed by atoms with Crippen molar-refractivity contribution in [1.29, 1.82) is 0 Å². The lowest BCUT2D eigenvalue weighted by Crippen LogP contribution is -2.40. The first kappa shape index (κ1) is 17.4. The maximum Gasteiger partial charge on any atom is 0.326 e. The molecule has 0 radical (unpaired) electrons. The molecule has 7 heteroatoms. The second-order valence-electron chi connectivity index (χ2n) is 5.59. The van der Waals surface area contributed by atoms with Gasteiger partial charge in [0.25, 0.3) is 0 Å². The molecule has 0 spiro atoms. The number of nitrogens with one attached hydrogen (secondary N) is 1. The largest absolute Gasteiger partial charge is 0.480 e. The van der Waals surface area contributed by atoms with Gasteiger partial charge in [0, 0.05) is 25.9 Å². The maximum absolute atomic E-state index is 12.0. The molecule has 120 valence electrons. The fraction of sp³-hybridized carbons (Fsp3) is 0.786. The summed E-state index contributed by atoms with van der Waals surface area (Å²) in [7, 11) is 3.94. The van der Waals surface area contributed by atoms with Gasteiger partial charge in [-0.2, -0.15) is 0 Å². The van der Waals surface area contributed by atoms with Crippen LogP contribution in [-0.2, 0) is 14.4 Å². The van der Waals surface area contributed by atoms with Crippen LogP contribution in [0.3, 0.4) is 0 Å². The third-order valence-corrected chi connectivity index (χ3v) is 3.53. The Balaban J connectivity index is 2.23. The quantitative estimate of drug-likeness (QED) is 0.611. The van der Waals surface area contributed by atoms with E-state index in [1.807, 2.05) is 19.0 Å². The van der Waals surface area contributed by atoms with E-state index in [1.165, 1.54) is 4.90 Å². The Kier molecular flexibility index (Phi) is 7.14. The lowest BCUT2D eigenvalue weighted by atomic mass is 10.2. The van der Waals surface area contributed by atoms with Crippen LogP contribution in [0.25, 0.3) is 0 Å². The molecule has 21 heavy (non-hydrogen) atoms. The van der Waals surface area contributed by atoms with Gasteiger partial charge in [0.1, 0.15) is 6.04 Å². The molecule has 0 aromatic carbocycles. The molecular weight excluding hydrogens is 274 g/mol. The van der Waals surface area contributed by atoms with Crippen molar-refractivity contribution in [3.63, 3.8) is 0 Å². The first-order valence-electron chi connectivity index (χ1n) is 7.35. The number of carboxylic acid groups (broad SMARTS) is 1. The Labute approximate surface area is 125 Å². The predicted octanol–water partition coefficient (Wildman–Crippen LogP) is -0.0899. The number of carbonyl (C=O) groups is 3. The van der Waals surface area contributed by atoms with Crippen molar-refractivity contribution in [3.05, 3.63) is 0 Å². The third kappa shape index (κ3) is 6.12. The van der Waals surface area contributed by atoms with E-state index < -0.39 is 12.0 Å². The summed E-state index contributed by atoms with van der Waals surface area (Å²) in [4.78, 5) is 38.0. The van der Waals surface area contributed by atoms with E-state index in [0.29, 0.717) is 25.9 Å². The Hall–Kier alpha value is -1.63. The van der Waals surface area contributed by atoms with Gasteiger partial charge in [-0.1, -0.05) is 0 Å². The number of carbonyl (C=O) groups excluding carboxylic acids is 2. The van der Waals surface area contributed by atoms with Crippen molar-refractivity contribution in [2.75, 3.05) is 33.7 Å². The van der Waals surface area contributed by atoms with Crippen LogP contribution in [-0.4, -0.2) is 72.5 Å². The third-order valence-electron chi connectivity index (χ3n) is 3.53. The molecule has 1 unspecified atom stereocenters. The van der Waals surface area contributed by atoms with Gasteiger partial charge in [0.15, 0.2) is 0 Å². The molecule has 1 aliphatic heterocycles. The number of rotatable bonds is 8. The van der Waals surface area contributed by atoms with Crippen LogP contribution in [0.2, 0.25) is 0 Å². The number of aliphatic carboxylic acids is 1. The van der Waals surface area contributed by atoms with Crippen molar-refractivity contribution in [3.8, 4) is 0 Å². The number of amides is 2. The van der Waals surface area contributed by atoms with Gasteiger partial charge in [-0.25, -0.2) is 4.79 Å². The zero-order valence-electron chi connectivity index (χ0n) is 12.8.